The molecule has 4 nitrogen and oxygen atoms in total. The average molecular weight is 163 g/mol. The van der Waals surface area contributed by atoms with Crippen molar-refractivity contribution in [1.29, 1.82) is 5.26 Å². The first-order chi connectivity index (χ1) is 5.65. The lowest BCUT2D eigenvalue weighted by atomic mass is 10.3. The average Bonchev–Trinajstić information content (AvgIpc) is 1.96. The quantitative estimate of drug-likeness (QED) is 0.601. The van der Waals surface area contributed by atoms with Crippen LogP contribution < -0.4 is 5.69 Å². The molecule has 0 aliphatic heterocycles. The van der Waals surface area contributed by atoms with Crippen LogP contribution >= 0.6 is 0 Å². The summed E-state index contributed by atoms with van der Waals surface area (Å²) >= 11 is 0. The maximum Gasteiger partial charge on any atom is 0.348 e. The van der Waals surface area contributed by atoms with E-state index in [1.807, 2.05) is 6.07 Å². The summed E-state index contributed by atoms with van der Waals surface area (Å²) in [6, 6.07) is 3.68. The number of aromatic nitrogens is 2. The van der Waals surface area contributed by atoms with Crippen LogP contribution in [0.1, 0.15) is 11.4 Å². The van der Waals surface area contributed by atoms with Crippen LogP contribution in [0.2, 0.25) is 0 Å². The van der Waals surface area contributed by atoms with Gasteiger partial charge in [-0.3, -0.25) is 4.57 Å². The number of aryl methyl sites for hydroxylation is 2. The third kappa shape index (κ3) is 1.51. The van der Waals surface area contributed by atoms with Crippen molar-refractivity contribution in [1.82, 2.24) is 9.55 Å². The molecule has 12 heavy (non-hydrogen) atoms. The van der Waals surface area contributed by atoms with Crippen LogP contribution in [0.4, 0.5) is 0 Å². The first-order valence-corrected chi connectivity index (χ1v) is 3.57. The minimum Gasteiger partial charge on any atom is -0.283 e. The predicted octanol–water partition coefficient (Wildman–Crippen LogP) is 0.384. The van der Waals surface area contributed by atoms with E-state index in [0.29, 0.717) is 5.69 Å². The third-order valence-electron chi connectivity index (χ3n) is 1.58. The van der Waals surface area contributed by atoms with E-state index >= 15 is 0 Å². The van der Waals surface area contributed by atoms with Crippen molar-refractivity contribution in [2.45, 2.75) is 20.4 Å². The molecule has 0 amide bonds. The number of nitriles is 1. The van der Waals surface area contributed by atoms with Gasteiger partial charge in [-0.1, -0.05) is 0 Å². The Kier molecular flexibility index (Phi) is 2.24. The standard InChI is InChI=1S/C8H9N3O/c1-6-5-7(2)11(4-3-9)8(12)10-6/h5H,4H2,1-2H3. The highest BCUT2D eigenvalue weighted by molar-refractivity contribution is 5.07. The lowest BCUT2D eigenvalue weighted by molar-refractivity contribution is 0.715. The number of nitrogens with zero attached hydrogens (tertiary/aromatic N) is 3. The maximum absolute atomic E-state index is 11.2. The molecule has 1 heterocycles. The van der Waals surface area contributed by atoms with E-state index in [1.54, 1.807) is 19.9 Å². The highest BCUT2D eigenvalue weighted by Crippen LogP contribution is 1.95. The number of rotatable bonds is 1. The first-order valence-electron chi connectivity index (χ1n) is 3.57. The lowest BCUT2D eigenvalue weighted by Crippen LogP contribution is -2.25. The minimum absolute atomic E-state index is 0.0674. The van der Waals surface area contributed by atoms with Crippen molar-refractivity contribution in [3.05, 3.63) is 27.9 Å². The Morgan fingerprint density at radius 3 is 2.83 bits per heavy atom. The minimum atomic E-state index is -0.353. The van der Waals surface area contributed by atoms with Crippen LogP contribution in [0.3, 0.4) is 0 Å². The normalized spacial score (nSPS) is 9.42. The molecule has 0 fully saturated rings. The summed E-state index contributed by atoms with van der Waals surface area (Å²) in [7, 11) is 0. The molecule has 62 valence electrons. The lowest BCUT2D eigenvalue weighted by Gasteiger charge is -2.03. The predicted molar refractivity (Wildman–Crippen MR) is 43.6 cm³/mol. The second kappa shape index (κ2) is 3.18. The molecule has 0 radical (unpaired) electrons. The molecule has 0 saturated carbocycles. The van der Waals surface area contributed by atoms with E-state index in [2.05, 4.69) is 4.98 Å². The van der Waals surface area contributed by atoms with Gasteiger partial charge in [0.05, 0.1) is 6.07 Å². The molecule has 4 heteroatoms. The summed E-state index contributed by atoms with van der Waals surface area (Å²) < 4.78 is 1.34. The Morgan fingerprint density at radius 2 is 2.33 bits per heavy atom. The summed E-state index contributed by atoms with van der Waals surface area (Å²) in [4.78, 5) is 14.9. The zero-order valence-electron chi connectivity index (χ0n) is 7.03. The van der Waals surface area contributed by atoms with Crippen LogP contribution in [-0.4, -0.2) is 9.55 Å². The molecule has 0 saturated heterocycles. The van der Waals surface area contributed by atoms with Gasteiger partial charge in [-0.25, -0.2) is 4.79 Å². The van der Waals surface area contributed by atoms with Crippen molar-refractivity contribution in [3.63, 3.8) is 0 Å². The van der Waals surface area contributed by atoms with Crippen LogP contribution in [-0.2, 0) is 6.54 Å². The van der Waals surface area contributed by atoms with Gasteiger partial charge in [0.2, 0.25) is 0 Å². The fraction of sp³-hybridized carbons (Fsp3) is 0.375. The van der Waals surface area contributed by atoms with E-state index in [0.717, 1.165) is 5.69 Å². The second-order valence-electron chi connectivity index (χ2n) is 2.57. The Morgan fingerprint density at radius 1 is 1.67 bits per heavy atom. The monoisotopic (exact) mass is 163 g/mol. The van der Waals surface area contributed by atoms with E-state index in [-0.39, 0.29) is 12.2 Å². The Hall–Kier alpha value is -1.63. The van der Waals surface area contributed by atoms with E-state index in [4.69, 9.17) is 5.26 Å². The Balaban J connectivity index is 3.31. The summed E-state index contributed by atoms with van der Waals surface area (Å²) in [5.41, 5.74) is 1.11. The molecule has 0 bridgehead atoms. The van der Waals surface area contributed by atoms with Crippen molar-refractivity contribution in [2.75, 3.05) is 0 Å². The molecule has 0 atom stereocenters. The van der Waals surface area contributed by atoms with Gasteiger partial charge in [0.15, 0.2) is 0 Å². The molecule has 0 spiro atoms. The Bertz CT molecular complexity index is 386. The van der Waals surface area contributed by atoms with Gasteiger partial charge >= 0.3 is 5.69 Å². The van der Waals surface area contributed by atoms with Gasteiger partial charge in [-0.05, 0) is 19.9 Å². The Labute approximate surface area is 70.1 Å². The smallest absolute Gasteiger partial charge is 0.283 e. The molecular weight excluding hydrogens is 154 g/mol. The number of hydrogen-bond donors (Lipinski definition) is 0. The molecular formula is C8H9N3O. The van der Waals surface area contributed by atoms with Crippen molar-refractivity contribution in [3.8, 4) is 6.07 Å². The maximum atomic E-state index is 11.2. The van der Waals surface area contributed by atoms with E-state index in [1.165, 1.54) is 4.57 Å². The summed E-state index contributed by atoms with van der Waals surface area (Å²) in [5, 5.41) is 8.40. The first kappa shape index (κ1) is 8.47. The van der Waals surface area contributed by atoms with Crippen LogP contribution in [0, 0.1) is 25.2 Å². The fourth-order valence-electron chi connectivity index (χ4n) is 1.04. The number of hydrogen-bond acceptors (Lipinski definition) is 3. The zero-order valence-corrected chi connectivity index (χ0v) is 7.03. The van der Waals surface area contributed by atoms with Gasteiger partial charge < -0.3 is 0 Å². The van der Waals surface area contributed by atoms with E-state index < -0.39 is 0 Å². The van der Waals surface area contributed by atoms with Crippen LogP contribution in [0.5, 0.6) is 0 Å². The van der Waals surface area contributed by atoms with Crippen molar-refractivity contribution < 1.29 is 0 Å². The molecule has 0 aliphatic rings. The topological polar surface area (TPSA) is 58.7 Å². The van der Waals surface area contributed by atoms with Crippen molar-refractivity contribution in [2.24, 2.45) is 0 Å². The zero-order chi connectivity index (χ0) is 9.14. The second-order valence-corrected chi connectivity index (χ2v) is 2.57. The van der Waals surface area contributed by atoms with Crippen molar-refractivity contribution >= 4 is 0 Å². The van der Waals surface area contributed by atoms with Crippen LogP contribution in [0.15, 0.2) is 10.9 Å². The largest absolute Gasteiger partial charge is 0.348 e. The molecule has 0 unspecified atom stereocenters. The van der Waals surface area contributed by atoms with E-state index in [9.17, 15) is 4.79 Å². The molecule has 1 aromatic heterocycles. The van der Waals surface area contributed by atoms with Gasteiger partial charge in [0.1, 0.15) is 6.54 Å². The SMILES string of the molecule is Cc1cc(C)n(CC#N)c(=O)n1. The third-order valence-corrected chi connectivity index (χ3v) is 1.58. The van der Waals surface area contributed by atoms with Gasteiger partial charge in [0.25, 0.3) is 0 Å². The molecule has 1 rings (SSSR count). The molecule has 0 aliphatic carbocycles. The molecule has 0 N–H and O–H groups in total. The highest BCUT2D eigenvalue weighted by atomic mass is 16.1. The molecule has 0 aromatic carbocycles. The van der Waals surface area contributed by atoms with Gasteiger partial charge in [-0.2, -0.15) is 10.2 Å². The molecule has 1 aromatic rings. The highest BCUT2D eigenvalue weighted by Gasteiger charge is 2.00. The van der Waals surface area contributed by atoms with Gasteiger partial charge in [-0.15, -0.1) is 0 Å². The summed E-state index contributed by atoms with van der Waals surface area (Å²) in [6.45, 7) is 3.61. The summed E-state index contributed by atoms with van der Waals surface area (Å²) in [6.07, 6.45) is 0. The summed E-state index contributed by atoms with van der Waals surface area (Å²) in [5.74, 6) is 0. The van der Waals surface area contributed by atoms with Gasteiger partial charge in [0, 0.05) is 11.4 Å². The van der Waals surface area contributed by atoms with Crippen LogP contribution in [0.25, 0.3) is 0 Å². The fourth-order valence-corrected chi connectivity index (χ4v) is 1.04.